The summed E-state index contributed by atoms with van der Waals surface area (Å²) in [6.45, 7) is 7.71. The van der Waals surface area contributed by atoms with Gasteiger partial charge in [0.2, 0.25) is 5.91 Å². The minimum atomic E-state index is -0.0201. The third-order valence-electron chi connectivity index (χ3n) is 2.20. The lowest BCUT2D eigenvalue weighted by Crippen LogP contribution is -2.27. The quantitative estimate of drug-likeness (QED) is 0.662. The standard InChI is InChI=1S/C12H25NO2/c1-12(2,3)8-6-5-7-9-13-11(14)10-15-4/h5-10H2,1-4H3,(H,13,14). The summed E-state index contributed by atoms with van der Waals surface area (Å²) in [7, 11) is 1.53. The van der Waals surface area contributed by atoms with Crippen LogP contribution < -0.4 is 5.32 Å². The van der Waals surface area contributed by atoms with E-state index in [2.05, 4.69) is 26.1 Å². The van der Waals surface area contributed by atoms with E-state index in [0.29, 0.717) is 5.41 Å². The van der Waals surface area contributed by atoms with E-state index in [1.165, 1.54) is 26.4 Å². The van der Waals surface area contributed by atoms with Crippen LogP contribution in [0.5, 0.6) is 0 Å². The van der Waals surface area contributed by atoms with Crippen LogP contribution in [0, 0.1) is 5.41 Å². The molecule has 0 saturated heterocycles. The highest BCUT2D eigenvalue weighted by molar-refractivity contribution is 5.77. The van der Waals surface area contributed by atoms with Gasteiger partial charge in [-0.25, -0.2) is 0 Å². The largest absolute Gasteiger partial charge is 0.375 e. The smallest absolute Gasteiger partial charge is 0.245 e. The molecule has 0 aromatic carbocycles. The zero-order valence-electron chi connectivity index (χ0n) is 10.6. The minimum Gasteiger partial charge on any atom is -0.375 e. The molecule has 0 unspecified atom stereocenters. The molecule has 0 radical (unpaired) electrons. The predicted octanol–water partition coefficient (Wildman–Crippen LogP) is 2.36. The van der Waals surface area contributed by atoms with Crippen molar-refractivity contribution in [2.75, 3.05) is 20.3 Å². The van der Waals surface area contributed by atoms with Gasteiger partial charge in [-0.3, -0.25) is 4.79 Å². The fraction of sp³-hybridized carbons (Fsp3) is 0.917. The van der Waals surface area contributed by atoms with Gasteiger partial charge in [0, 0.05) is 13.7 Å². The summed E-state index contributed by atoms with van der Waals surface area (Å²) in [5.41, 5.74) is 0.430. The monoisotopic (exact) mass is 215 g/mol. The molecule has 0 aromatic rings. The molecule has 3 heteroatoms. The van der Waals surface area contributed by atoms with E-state index in [4.69, 9.17) is 4.74 Å². The molecule has 90 valence electrons. The predicted molar refractivity (Wildman–Crippen MR) is 62.8 cm³/mol. The number of carbonyl (C=O) groups excluding carboxylic acids is 1. The first kappa shape index (κ1) is 14.4. The van der Waals surface area contributed by atoms with Crippen molar-refractivity contribution in [1.29, 1.82) is 0 Å². The van der Waals surface area contributed by atoms with Gasteiger partial charge in [0.1, 0.15) is 6.61 Å². The van der Waals surface area contributed by atoms with Crippen LogP contribution in [0.1, 0.15) is 46.5 Å². The van der Waals surface area contributed by atoms with Gasteiger partial charge in [0.05, 0.1) is 0 Å². The number of methoxy groups -OCH3 is 1. The van der Waals surface area contributed by atoms with E-state index in [9.17, 15) is 4.79 Å². The maximum Gasteiger partial charge on any atom is 0.245 e. The third-order valence-corrected chi connectivity index (χ3v) is 2.20. The van der Waals surface area contributed by atoms with Gasteiger partial charge in [0.15, 0.2) is 0 Å². The lowest BCUT2D eigenvalue weighted by molar-refractivity contribution is -0.124. The Morgan fingerprint density at radius 3 is 2.40 bits per heavy atom. The Balaban J connectivity index is 3.22. The van der Waals surface area contributed by atoms with E-state index < -0.39 is 0 Å². The highest BCUT2D eigenvalue weighted by Crippen LogP contribution is 2.21. The third kappa shape index (κ3) is 11.4. The molecule has 0 fully saturated rings. The molecule has 0 aliphatic carbocycles. The highest BCUT2D eigenvalue weighted by Gasteiger charge is 2.08. The van der Waals surface area contributed by atoms with Crippen LogP contribution in [0.25, 0.3) is 0 Å². The van der Waals surface area contributed by atoms with Crippen molar-refractivity contribution in [3.8, 4) is 0 Å². The molecular formula is C12H25NO2. The molecule has 15 heavy (non-hydrogen) atoms. The maximum absolute atomic E-state index is 11.0. The Morgan fingerprint density at radius 2 is 1.87 bits per heavy atom. The minimum absolute atomic E-state index is 0.0201. The number of ether oxygens (including phenoxy) is 1. The van der Waals surface area contributed by atoms with Gasteiger partial charge in [0.25, 0.3) is 0 Å². The molecule has 0 atom stereocenters. The van der Waals surface area contributed by atoms with Gasteiger partial charge < -0.3 is 10.1 Å². The maximum atomic E-state index is 11.0. The molecule has 0 rings (SSSR count). The van der Waals surface area contributed by atoms with Crippen LogP contribution in [0.15, 0.2) is 0 Å². The summed E-state index contributed by atoms with van der Waals surface area (Å²) in [4.78, 5) is 11.0. The summed E-state index contributed by atoms with van der Waals surface area (Å²) in [5.74, 6) is -0.0201. The molecular weight excluding hydrogens is 190 g/mol. The van der Waals surface area contributed by atoms with Crippen molar-refractivity contribution < 1.29 is 9.53 Å². The normalized spacial score (nSPS) is 11.5. The summed E-state index contributed by atoms with van der Waals surface area (Å²) in [5, 5.41) is 2.82. The zero-order chi connectivity index (χ0) is 11.7. The Hall–Kier alpha value is -0.570. The summed E-state index contributed by atoms with van der Waals surface area (Å²) in [6.07, 6.45) is 4.73. The van der Waals surface area contributed by atoms with Gasteiger partial charge >= 0.3 is 0 Å². The van der Waals surface area contributed by atoms with Gasteiger partial charge in [-0.15, -0.1) is 0 Å². The van der Waals surface area contributed by atoms with Crippen LogP contribution in [0.4, 0.5) is 0 Å². The molecule has 0 saturated carbocycles. The van der Waals surface area contributed by atoms with Crippen LogP contribution >= 0.6 is 0 Å². The van der Waals surface area contributed by atoms with Gasteiger partial charge in [-0.1, -0.05) is 33.6 Å². The second-order valence-corrected chi connectivity index (χ2v) is 5.15. The van der Waals surface area contributed by atoms with E-state index in [-0.39, 0.29) is 12.5 Å². The lowest BCUT2D eigenvalue weighted by Gasteiger charge is -2.17. The second kappa shape index (κ2) is 7.69. The Morgan fingerprint density at radius 1 is 1.20 bits per heavy atom. The van der Waals surface area contributed by atoms with Crippen LogP contribution in [0.2, 0.25) is 0 Å². The van der Waals surface area contributed by atoms with Crippen molar-refractivity contribution in [1.82, 2.24) is 5.32 Å². The first-order valence-electron chi connectivity index (χ1n) is 5.71. The van der Waals surface area contributed by atoms with Gasteiger partial charge in [-0.05, 0) is 18.3 Å². The highest BCUT2D eigenvalue weighted by atomic mass is 16.5. The van der Waals surface area contributed by atoms with Crippen molar-refractivity contribution >= 4 is 5.91 Å². The molecule has 0 spiro atoms. The molecule has 3 nitrogen and oxygen atoms in total. The second-order valence-electron chi connectivity index (χ2n) is 5.15. The van der Waals surface area contributed by atoms with Crippen molar-refractivity contribution in [2.45, 2.75) is 46.5 Å². The first-order chi connectivity index (χ1) is 6.95. The molecule has 1 amide bonds. The molecule has 0 aliphatic heterocycles. The Kier molecular flexibility index (Phi) is 7.39. The van der Waals surface area contributed by atoms with Crippen LogP contribution in [-0.4, -0.2) is 26.2 Å². The topological polar surface area (TPSA) is 38.3 Å². The Bertz CT molecular complexity index is 173. The number of hydrogen-bond acceptors (Lipinski definition) is 2. The zero-order valence-corrected chi connectivity index (χ0v) is 10.6. The summed E-state index contributed by atoms with van der Waals surface area (Å²) in [6, 6.07) is 0. The fourth-order valence-electron chi connectivity index (χ4n) is 1.37. The van der Waals surface area contributed by atoms with Crippen LogP contribution in [0.3, 0.4) is 0 Å². The van der Waals surface area contributed by atoms with Crippen molar-refractivity contribution in [2.24, 2.45) is 5.41 Å². The molecule has 0 aliphatic rings. The average molecular weight is 215 g/mol. The SMILES string of the molecule is COCC(=O)NCCCCCC(C)(C)C. The van der Waals surface area contributed by atoms with E-state index >= 15 is 0 Å². The van der Waals surface area contributed by atoms with E-state index in [0.717, 1.165) is 13.0 Å². The fourth-order valence-corrected chi connectivity index (χ4v) is 1.37. The molecule has 1 N–H and O–H groups in total. The van der Waals surface area contributed by atoms with Gasteiger partial charge in [-0.2, -0.15) is 0 Å². The van der Waals surface area contributed by atoms with E-state index in [1.54, 1.807) is 0 Å². The first-order valence-corrected chi connectivity index (χ1v) is 5.71. The number of rotatable bonds is 7. The van der Waals surface area contributed by atoms with Crippen molar-refractivity contribution in [3.05, 3.63) is 0 Å². The number of hydrogen-bond donors (Lipinski definition) is 1. The molecule has 0 heterocycles. The number of nitrogens with one attached hydrogen (secondary N) is 1. The van der Waals surface area contributed by atoms with E-state index in [1.807, 2.05) is 0 Å². The number of carbonyl (C=O) groups is 1. The summed E-state index contributed by atoms with van der Waals surface area (Å²) >= 11 is 0. The number of unbranched alkanes of at least 4 members (excludes halogenated alkanes) is 2. The molecule has 0 aromatic heterocycles. The lowest BCUT2D eigenvalue weighted by atomic mass is 9.89. The average Bonchev–Trinajstić information content (AvgIpc) is 2.09. The summed E-state index contributed by atoms with van der Waals surface area (Å²) < 4.78 is 4.71. The number of amides is 1. The van der Waals surface area contributed by atoms with Crippen molar-refractivity contribution in [3.63, 3.8) is 0 Å². The van der Waals surface area contributed by atoms with Crippen LogP contribution in [-0.2, 0) is 9.53 Å². The Labute approximate surface area is 93.6 Å². The molecule has 0 bridgehead atoms.